The molecule has 0 aliphatic heterocycles. The molecule has 2 aromatic heterocycles. The molecule has 0 aliphatic carbocycles. The van der Waals surface area contributed by atoms with E-state index in [-0.39, 0.29) is 17.0 Å². The molecule has 0 saturated heterocycles. The molecule has 5 nitrogen and oxygen atoms in total. The van der Waals surface area contributed by atoms with Gasteiger partial charge in [-0.3, -0.25) is 4.79 Å². The van der Waals surface area contributed by atoms with Gasteiger partial charge in [0.1, 0.15) is 0 Å². The standard InChI is InChI=1S/C12H14N2O3S2/c1-2-9-3-4-10(18-9)7-14-19(16,17)11-5-6-12(15)13-8-11/h3-6,8,14H,2,7H2,1H3,(H,13,15). The largest absolute Gasteiger partial charge is 0.328 e. The Labute approximate surface area is 115 Å². The van der Waals surface area contributed by atoms with Crippen molar-refractivity contribution in [3.8, 4) is 0 Å². The number of nitrogens with one attached hydrogen (secondary N) is 2. The summed E-state index contributed by atoms with van der Waals surface area (Å²) in [5.74, 6) is 0. The summed E-state index contributed by atoms with van der Waals surface area (Å²) >= 11 is 1.59. The lowest BCUT2D eigenvalue weighted by atomic mass is 10.4. The van der Waals surface area contributed by atoms with Crippen molar-refractivity contribution in [2.45, 2.75) is 24.8 Å². The molecule has 0 saturated carbocycles. The van der Waals surface area contributed by atoms with Crippen molar-refractivity contribution < 1.29 is 8.42 Å². The molecular formula is C12H14N2O3S2. The van der Waals surface area contributed by atoms with Crippen LogP contribution >= 0.6 is 11.3 Å². The summed E-state index contributed by atoms with van der Waals surface area (Å²) < 4.78 is 26.4. The van der Waals surface area contributed by atoms with Crippen LogP contribution in [0.5, 0.6) is 0 Å². The highest BCUT2D eigenvalue weighted by molar-refractivity contribution is 7.89. The van der Waals surface area contributed by atoms with Crippen LogP contribution in [0.3, 0.4) is 0 Å². The number of hydrogen-bond donors (Lipinski definition) is 2. The molecule has 0 unspecified atom stereocenters. The molecule has 0 spiro atoms. The van der Waals surface area contributed by atoms with E-state index in [9.17, 15) is 13.2 Å². The Hall–Kier alpha value is -1.44. The fourth-order valence-electron chi connectivity index (χ4n) is 1.52. The molecule has 19 heavy (non-hydrogen) atoms. The van der Waals surface area contributed by atoms with E-state index in [1.165, 1.54) is 23.2 Å². The second-order valence-electron chi connectivity index (χ2n) is 3.93. The Bertz CT molecular complexity index is 696. The van der Waals surface area contributed by atoms with Gasteiger partial charge in [0.25, 0.3) is 0 Å². The van der Waals surface area contributed by atoms with Gasteiger partial charge in [0, 0.05) is 28.6 Å². The highest BCUT2D eigenvalue weighted by Gasteiger charge is 2.14. The highest BCUT2D eigenvalue weighted by Crippen LogP contribution is 2.17. The lowest BCUT2D eigenvalue weighted by molar-refractivity contribution is 0.581. The van der Waals surface area contributed by atoms with Gasteiger partial charge in [-0.05, 0) is 24.6 Å². The molecule has 2 N–H and O–H groups in total. The van der Waals surface area contributed by atoms with E-state index in [0.29, 0.717) is 0 Å². The highest BCUT2D eigenvalue weighted by atomic mass is 32.2. The lowest BCUT2D eigenvalue weighted by Gasteiger charge is -2.04. The number of aromatic amines is 1. The monoisotopic (exact) mass is 298 g/mol. The third-order valence-corrected chi connectivity index (χ3v) is 5.20. The fourth-order valence-corrected chi connectivity index (χ4v) is 3.48. The lowest BCUT2D eigenvalue weighted by Crippen LogP contribution is -2.23. The minimum atomic E-state index is -3.59. The van der Waals surface area contributed by atoms with Crippen molar-refractivity contribution in [3.05, 3.63) is 50.6 Å². The summed E-state index contributed by atoms with van der Waals surface area (Å²) in [5.41, 5.74) is -0.329. The molecule has 0 amide bonds. The molecule has 2 heterocycles. The molecule has 0 bridgehead atoms. The molecule has 0 atom stereocenters. The van der Waals surface area contributed by atoms with Crippen molar-refractivity contribution in [2.75, 3.05) is 0 Å². The van der Waals surface area contributed by atoms with Crippen LogP contribution < -0.4 is 10.3 Å². The van der Waals surface area contributed by atoms with Crippen LogP contribution in [0, 0.1) is 0 Å². The van der Waals surface area contributed by atoms with E-state index in [1.54, 1.807) is 11.3 Å². The van der Waals surface area contributed by atoms with Crippen LogP contribution in [0.1, 0.15) is 16.7 Å². The maximum atomic E-state index is 12.0. The van der Waals surface area contributed by atoms with Gasteiger partial charge in [-0.2, -0.15) is 0 Å². The molecule has 7 heteroatoms. The van der Waals surface area contributed by atoms with Crippen LogP contribution in [0.15, 0.2) is 40.2 Å². The first kappa shape index (κ1) is 14.0. The van der Waals surface area contributed by atoms with E-state index in [2.05, 4.69) is 16.6 Å². The quantitative estimate of drug-likeness (QED) is 0.877. The number of pyridine rings is 1. The summed E-state index contributed by atoms with van der Waals surface area (Å²) in [6.45, 7) is 2.31. The third kappa shape index (κ3) is 3.52. The van der Waals surface area contributed by atoms with E-state index in [0.717, 1.165) is 11.3 Å². The van der Waals surface area contributed by atoms with Crippen LogP contribution in [0.2, 0.25) is 0 Å². The Kier molecular flexibility index (Phi) is 4.18. The zero-order valence-electron chi connectivity index (χ0n) is 10.3. The summed E-state index contributed by atoms with van der Waals surface area (Å²) in [5, 5.41) is 0. The topological polar surface area (TPSA) is 79.0 Å². The van der Waals surface area contributed by atoms with Crippen molar-refractivity contribution in [2.24, 2.45) is 0 Å². The fraction of sp³-hybridized carbons (Fsp3) is 0.250. The van der Waals surface area contributed by atoms with Gasteiger partial charge < -0.3 is 4.98 Å². The summed E-state index contributed by atoms with van der Waals surface area (Å²) in [6, 6.07) is 6.38. The molecule has 102 valence electrons. The van der Waals surface area contributed by atoms with Crippen LogP contribution in [0.25, 0.3) is 0 Å². The number of thiophene rings is 1. The molecule has 0 fully saturated rings. The van der Waals surface area contributed by atoms with Crippen molar-refractivity contribution in [1.29, 1.82) is 0 Å². The van der Waals surface area contributed by atoms with E-state index in [4.69, 9.17) is 0 Å². The van der Waals surface area contributed by atoms with Crippen molar-refractivity contribution in [1.82, 2.24) is 9.71 Å². The second kappa shape index (κ2) is 5.68. The minimum Gasteiger partial charge on any atom is -0.328 e. The number of rotatable bonds is 5. The molecule has 2 rings (SSSR count). The smallest absolute Gasteiger partial charge is 0.247 e. The summed E-state index contributed by atoms with van der Waals surface area (Å²) in [4.78, 5) is 15.5. The molecule has 0 aliphatic rings. The molecule has 2 aromatic rings. The molecule has 0 radical (unpaired) electrons. The number of aryl methyl sites for hydroxylation is 1. The first-order valence-electron chi connectivity index (χ1n) is 5.77. The van der Waals surface area contributed by atoms with Crippen molar-refractivity contribution in [3.63, 3.8) is 0 Å². The van der Waals surface area contributed by atoms with Gasteiger partial charge >= 0.3 is 0 Å². The van der Waals surface area contributed by atoms with Gasteiger partial charge in [-0.1, -0.05) is 6.92 Å². The maximum Gasteiger partial charge on any atom is 0.247 e. The number of aromatic nitrogens is 1. The first-order valence-corrected chi connectivity index (χ1v) is 8.07. The van der Waals surface area contributed by atoms with Crippen molar-refractivity contribution >= 4 is 21.4 Å². The van der Waals surface area contributed by atoms with Gasteiger partial charge in [-0.15, -0.1) is 11.3 Å². The van der Waals surface area contributed by atoms with Crippen LogP contribution in [-0.2, 0) is 23.0 Å². The Balaban J connectivity index is 2.09. The van der Waals surface area contributed by atoms with Gasteiger partial charge in [-0.25, -0.2) is 13.1 Å². The second-order valence-corrected chi connectivity index (χ2v) is 6.95. The first-order chi connectivity index (χ1) is 9.01. The Morgan fingerprint density at radius 1 is 1.21 bits per heavy atom. The maximum absolute atomic E-state index is 12.0. The van der Waals surface area contributed by atoms with Gasteiger partial charge in [0.05, 0.1) is 4.90 Å². The Morgan fingerprint density at radius 3 is 2.53 bits per heavy atom. The number of hydrogen-bond acceptors (Lipinski definition) is 4. The Morgan fingerprint density at radius 2 is 1.95 bits per heavy atom. The average Bonchev–Trinajstić information content (AvgIpc) is 2.85. The number of H-pyrrole nitrogens is 1. The van der Waals surface area contributed by atoms with Crippen LogP contribution in [-0.4, -0.2) is 13.4 Å². The zero-order valence-corrected chi connectivity index (χ0v) is 12.0. The SMILES string of the molecule is CCc1ccc(CNS(=O)(=O)c2ccc(=O)[nH]c2)s1. The van der Waals surface area contributed by atoms with Gasteiger partial charge in [0.15, 0.2) is 0 Å². The zero-order chi connectivity index (χ0) is 13.9. The van der Waals surface area contributed by atoms with E-state index < -0.39 is 10.0 Å². The summed E-state index contributed by atoms with van der Waals surface area (Å²) in [7, 11) is -3.59. The summed E-state index contributed by atoms with van der Waals surface area (Å²) in [6.07, 6.45) is 2.13. The van der Waals surface area contributed by atoms with Gasteiger partial charge in [0.2, 0.25) is 15.6 Å². The normalized spacial score (nSPS) is 11.6. The third-order valence-electron chi connectivity index (χ3n) is 2.57. The van der Waals surface area contributed by atoms with E-state index in [1.807, 2.05) is 12.1 Å². The predicted molar refractivity (Wildman–Crippen MR) is 74.8 cm³/mol. The molecule has 0 aromatic carbocycles. The molecular weight excluding hydrogens is 284 g/mol. The average molecular weight is 298 g/mol. The van der Waals surface area contributed by atoms with Crippen LogP contribution in [0.4, 0.5) is 0 Å². The van der Waals surface area contributed by atoms with E-state index >= 15 is 0 Å². The minimum absolute atomic E-state index is 0.0550. The predicted octanol–water partition coefficient (Wildman–Crippen LogP) is 1.48. The number of sulfonamides is 1.